The van der Waals surface area contributed by atoms with E-state index in [-0.39, 0.29) is 12.5 Å². The van der Waals surface area contributed by atoms with E-state index >= 15 is 0 Å². The van der Waals surface area contributed by atoms with Crippen LogP contribution in [0, 0.1) is 5.92 Å². The number of rotatable bonds is 10. The van der Waals surface area contributed by atoms with Crippen LogP contribution in [0.1, 0.15) is 20.3 Å². The number of amides is 1. The molecular formula is C12H24N2O4. The van der Waals surface area contributed by atoms with Crippen molar-refractivity contribution in [1.29, 1.82) is 0 Å². The van der Waals surface area contributed by atoms with Crippen LogP contribution in [-0.2, 0) is 14.3 Å². The number of carboxylic acids is 1. The fourth-order valence-corrected chi connectivity index (χ4v) is 1.47. The molecule has 106 valence electrons. The van der Waals surface area contributed by atoms with Gasteiger partial charge in [0.05, 0.1) is 12.5 Å². The SMILES string of the molecule is CCN(CC(=O)NCCCOC)CC(C)C(=O)O. The smallest absolute Gasteiger partial charge is 0.307 e. The first kappa shape index (κ1) is 16.9. The average molecular weight is 260 g/mol. The lowest BCUT2D eigenvalue weighted by Gasteiger charge is -2.21. The number of methoxy groups -OCH3 is 1. The molecule has 2 N–H and O–H groups in total. The van der Waals surface area contributed by atoms with Gasteiger partial charge in [-0.1, -0.05) is 13.8 Å². The molecule has 0 bridgehead atoms. The van der Waals surface area contributed by atoms with E-state index in [9.17, 15) is 9.59 Å². The standard InChI is InChI=1S/C12H24N2O4/c1-4-14(8-10(2)12(16)17)9-11(15)13-6-5-7-18-3/h10H,4-9H2,1-3H3,(H,13,15)(H,16,17). The Bertz CT molecular complexity index is 258. The molecule has 1 unspecified atom stereocenters. The summed E-state index contributed by atoms with van der Waals surface area (Å²) in [4.78, 5) is 24.1. The van der Waals surface area contributed by atoms with Gasteiger partial charge in [-0.2, -0.15) is 0 Å². The second-order valence-electron chi connectivity index (χ2n) is 4.26. The third-order valence-corrected chi connectivity index (χ3v) is 2.62. The van der Waals surface area contributed by atoms with E-state index in [1.807, 2.05) is 11.8 Å². The van der Waals surface area contributed by atoms with Gasteiger partial charge in [0.25, 0.3) is 0 Å². The Morgan fingerprint density at radius 2 is 2.11 bits per heavy atom. The van der Waals surface area contributed by atoms with Crippen LogP contribution in [0.5, 0.6) is 0 Å². The van der Waals surface area contributed by atoms with E-state index in [4.69, 9.17) is 9.84 Å². The molecule has 0 rings (SSSR count). The van der Waals surface area contributed by atoms with Crippen molar-refractivity contribution in [3.8, 4) is 0 Å². The third-order valence-electron chi connectivity index (χ3n) is 2.62. The predicted octanol–water partition coefficient (Wildman–Crippen LogP) is 0.182. The second kappa shape index (κ2) is 9.85. The Hall–Kier alpha value is -1.14. The molecule has 0 saturated carbocycles. The fourth-order valence-electron chi connectivity index (χ4n) is 1.47. The Balaban J connectivity index is 3.89. The van der Waals surface area contributed by atoms with Crippen molar-refractivity contribution >= 4 is 11.9 Å². The summed E-state index contributed by atoms with van der Waals surface area (Å²) in [6.07, 6.45) is 0.778. The zero-order valence-electron chi connectivity index (χ0n) is 11.4. The molecule has 0 aliphatic carbocycles. The van der Waals surface area contributed by atoms with Crippen LogP contribution in [0.15, 0.2) is 0 Å². The van der Waals surface area contributed by atoms with Crippen molar-refractivity contribution in [1.82, 2.24) is 10.2 Å². The molecule has 6 heteroatoms. The molecule has 0 heterocycles. The monoisotopic (exact) mass is 260 g/mol. The van der Waals surface area contributed by atoms with Crippen LogP contribution < -0.4 is 5.32 Å². The number of nitrogens with zero attached hydrogens (tertiary/aromatic N) is 1. The Kier molecular flexibility index (Phi) is 9.22. The second-order valence-corrected chi connectivity index (χ2v) is 4.26. The van der Waals surface area contributed by atoms with Gasteiger partial charge in [-0.15, -0.1) is 0 Å². The van der Waals surface area contributed by atoms with Gasteiger partial charge in [0.15, 0.2) is 0 Å². The number of nitrogens with one attached hydrogen (secondary N) is 1. The number of aliphatic carboxylic acids is 1. The number of carbonyl (C=O) groups excluding carboxylic acids is 1. The highest BCUT2D eigenvalue weighted by atomic mass is 16.5. The number of carbonyl (C=O) groups is 2. The molecule has 0 aliphatic heterocycles. The molecule has 0 aromatic rings. The van der Waals surface area contributed by atoms with E-state index in [2.05, 4.69) is 5.32 Å². The lowest BCUT2D eigenvalue weighted by Crippen LogP contribution is -2.40. The fraction of sp³-hybridized carbons (Fsp3) is 0.833. The molecular weight excluding hydrogens is 236 g/mol. The first-order valence-electron chi connectivity index (χ1n) is 6.22. The van der Waals surface area contributed by atoms with E-state index in [1.54, 1.807) is 14.0 Å². The van der Waals surface area contributed by atoms with Gasteiger partial charge in [-0.3, -0.25) is 14.5 Å². The Morgan fingerprint density at radius 1 is 1.44 bits per heavy atom. The lowest BCUT2D eigenvalue weighted by atomic mass is 10.1. The molecule has 1 amide bonds. The molecule has 6 nitrogen and oxygen atoms in total. The summed E-state index contributed by atoms with van der Waals surface area (Å²) in [5.41, 5.74) is 0. The zero-order chi connectivity index (χ0) is 14.0. The van der Waals surface area contributed by atoms with Gasteiger partial charge in [-0.05, 0) is 13.0 Å². The highest BCUT2D eigenvalue weighted by molar-refractivity contribution is 5.78. The van der Waals surface area contributed by atoms with Crippen LogP contribution in [0.25, 0.3) is 0 Å². The first-order chi connectivity index (χ1) is 8.51. The molecule has 0 aromatic carbocycles. The molecule has 18 heavy (non-hydrogen) atoms. The normalized spacial score (nSPS) is 12.4. The zero-order valence-corrected chi connectivity index (χ0v) is 11.4. The van der Waals surface area contributed by atoms with Crippen molar-refractivity contribution in [2.24, 2.45) is 5.92 Å². The van der Waals surface area contributed by atoms with E-state index < -0.39 is 11.9 Å². The van der Waals surface area contributed by atoms with Crippen molar-refractivity contribution < 1.29 is 19.4 Å². The van der Waals surface area contributed by atoms with Crippen molar-refractivity contribution in [2.75, 3.05) is 39.9 Å². The summed E-state index contributed by atoms with van der Waals surface area (Å²) in [6, 6.07) is 0. The van der Waals surface area contributed by atoms with Crippen molar-refractivity contribution in [2.45, 2.75) is 20.3 Å². The van der Waals surface area contributed by atoms with Gasteiger partial charge < -0.3 is 15.2 Å². The topological polar surface area (TPSA) is 78.9 Å². The van der Waals surface area contributed by atoms with Crippen LogP contribution in [0.3, 0.4) is 0 Å². The number of likely N-dealkylation sites (N-methyl/N-ethyl adjacent to an activating group) is 1. The van der Waals surface area contributed by atoms with E-state index in [0.717, 1.165) is 6.42 Å². The van der Waals surface area contributed by atoms with Crippen LogP contribution >= 0.6 is 0 Å². The largest absolute Gasteiger partial charge is 0.481 e. The predicted molar refractivity (Wildman–Crippen MR) is 68.4 cm³/mol. The summed E-state index contributed by atoms with van der Waals surface area (Å²) in [5, 5.41) is 11.6. The number of hydrogen-bond donors (Lipinski definition) is 2. The third kappa shape index (κ3) is 8.03. The van der Waals surface area contributed by atoms with Crippen LogP contribution in [0.4, 0.5) is 0 Å². The quantitative estimate of drug-likeness (QED) is 0.548. The summed E-state index contributed by atoms with van der Waals surface area (Å²) >= 11 is 0. The molecule has 0 aliphatic rings. The van der Waals surface area contributed by atoms with Crippen LogP contribution in [-0.4, -0.2) is 61.8 Å². The van der Waals surface area contributed by atoms with Gasteiger partial charge in [0, 0.05) is 26.8 Å². The molecule has 0 aromatic heterocycles. The number of hydrogen-bond acceptors (Lipinski definition) is 4. The van der Waals surface area contributed by atoms with E-state index in [1.165, 1.54) is 0 Å². The average Bonchev–Trinajstić information content (AvgIpc) is 2.33. The minimum atomic E-state index is -0.839. The first-order valence-corrected chi connectivity index (χ1v) is 6.22. The summed E-state index contributed by atoms with van der Waals surface area (Å²) in [7, 11) is 1.62. The summed E-state index contributed by atoms with van der Waals surface area (Å²) in [5.74, 6) is -1.38. The molecule has 0 spiro atoms. The maximum Gasteiger partial charge on any atom is 0.307 e. The van der Waals surface area contributed by atoms with Gasteiger partial charge in [0.2, 0.25) is 5.91 Å². The van der Waals surface area contributed by atoms with Crippen molar-refractivity contribution in [3.63, 3.8) is 0 Å². The van der Waals surface area contributed by atoms with Gasteiger partial charge in [0.1, 0.15) is 0 Å². The summed E-state index contributed by atoms with van der Waals surface area (Å²) < 4.78 is 4.88. The van der Waals surface area contributed by atoms with Crippen LogP contribution in [0.2, 0.25) is 0 Å². The highest BCUT2D eigenvalue weighted by Crippen LogP contribution is 1.99. The van der Waals surface area contributed by atoms with Gasteiger partial charge in [-0.25, -0.2) is 0 Å². The highest BCUT2D eigenvalue weighted by Gasteiger charge is 2.16. The molecule has 1 atom stereocenters. The number of carboxylic acid groups (broad SMARTS) is 1. The molecule has 0 saturated heterocycles. The maximum atomic E-state index is 11.6. The minimum Gasteiger partial charge on any atom is -0.481 e. The molecule has 0 fully saturated rings. The maximum absolute atomic E-state index is 11.6. The summed E-state index contributed by atoms with van der Waals surface area (Å²) in [6.45, 7) is 6.03. The number of ether oxygens (including phenoxy) is 1. The van der Waals surface area contributed by atoms with E-state index in [0.29, 0.717) is 26.2 Å². The lowest BCUT2D eigenvalue weighted by molar-refractivity contribution is -0.142. The Morgan fingerprint density at radius 3 is 2.61 bits per heavy atom. The van der Waals surface area contributed by atoms with Gasteiger partial charge >= 0.3 is 5.97 Å². The Labute approximate surface area is 108 Å². The minimum absolute atomic E-state index is 0.0782. The van der Waals surface area contributed by atoms with Crippen molar-refractivity contribution in [3.05, 3.63) is 0 Å². The molecule has 0 radical (unpaired) electrons.